The molecule has 0 saturated heterocycles. The van der Waals surface area contributed by atoms with Gasteiger partial charge in [0.05, 0.1) is 18.2 Å². The zero-order chi connectivity index (χ0) is 8.81. The van der Waals surface area contributed by atoms with Crippen molar-refractivity contribution in [3.05, 3.63) is 41.5 Å². The van der Waals surface area contributed by atoms with Crippen LogP contribution in [0.25, 0.3) is 6.08 Å². The Hall–Kier alpha value is -1.59. The van der Waals surface area contributed by atoms with Gasteiger partial charge in [0.25, 0.3) is 0 Å². The third-order valence-electron chi connectivity index (χ3n) is 1.46. The lowest BCUT2D eigenvalue weighted by Crippen LogP contribution is -1.76. The standard InChI is InChI=1S/C10H9NO/c11-8-10-5-3-9(4-6-10)2-1-7-12/h1-6,12H,7H2/b2-1-. The number of aliphatic hydroxyl groups is 1. The first-order chi connectivity index (χ1) is 5.86. The van der Waals surface area contributed by atoms with Crippen LogP contribution in [0, 0.1) is 11.3 Å². The second-order valence-electron chi connectivity index (χ2n) is 2.32. The van der Waals surface area contributed by atoms with Crippen LogP contribution in [0.4, 0.5) is 0 Å². The lowest BCUT2D eigenvalue weighted by molar-refractivity contribution is 0.343. The molecule has 0 unspecified atom stereocenters. The van der Waals surface area contributed by atoms with Crippen molar-refractivity contribution in [1.82, 2.24) is 0 Å². The van der Waals surface area contributed by atoms with E-state index < -0.39 is 0 Å². The Bertz CT molecular complexity index is 306. The van der Waals surface area contributed by atoms with Crippen LogP contribution in [0.5, 0.6) is 0 Å². The highest BCUT2D eigenvalue weighted by molar-refractivity contribution is 5.50. The quantitative estimate of drug-likeness (QED) is 0.711. The molecule has 0 atom stereocenters. The molecule has 2 heteroatoms. The van der Waals surface area contributed by atoms with Crippen molar-refractivity contribution in [2.45, 2.75) is 0 Å². The van der Waals surface area contributed by atoms with Gasteiger partial charge in [-0.2, -0.15) is 5.26 Å². The maximum absolute atomic E-state index is 8.50. The molecular formula is C10H9NO. The second kappa shape index (κ2) is 4.32. The molecule has 0 aromatic heterocycles. The lowest BCUT2D eigenvalue weighted by atomic mass is 10.1. The number of rotatable bonds is 2. The summed E-state index contributed by atoms with van der Waals surface area (Å²) < 4.78 is 0. The van der Waals surface area contributed by atoms with E-state index >= 15 is 0 Å². The smallest absolute Gasteiger partial charge is 0.0991 e. The van der Waals surface area contributed by atoms with Crippen LogP contribution >= 0.6 is 0 Å². The van der Waals surface area contributed by atoms with Crippen molar-refractivity contribution in [3.8, 4) is 6.07 Å². The van der Waals surface area contributed by atoms with E-state index in [-0.39, 0.29) is 6.61 Å². The van der Waals surface area contributed by atoms with E-state index in [2.05, 4.69) is 0 Å². The Morgan fingerprint density at radius 3 is 2.50 bits per heavy atom. The molecule has 1 aromatic rings. The number of nitriles is 1. The molecule has 0 bridgehead atoms. The zero-order valence-corrected chi connectivity index (χ0v) is 6.57. The minimum absolute atomic E-state index is 0.0417. The van der Waals surface area contributed by atoms with Gasteiger partial charge in [-0.3, -0.25) is 0 Å². The predicted octanol–water partition coefficient (Wildman–Crippen LogP) is 1.56. The molecule has 2 nitrogen and oxygen atoms in total. The first-order valence-electron chi connectivity index (χ1n) is 3.64. The summed E-state index contributed by atoms with van der Waals surface area (Å²) in [6, 6.07) is 9.21. The molecule has 1 rings (SSSR count). The average Bonchev–Trinajstić information content (AvgIpc) is 2.15. The maximum atomic E-state index is 8.50. The van der Waals surface area contributed by atoms with E-state index in [4.69, 9.17) is 10.4 Å². The first-order valence-corrected chi connectivity index (χ1v) is 3.64. The first kappa shape index (κ1) is 8.51. The van der Waals surface area contributed by atoms with Gasteiger partial charge in [-0.05, 0) is 17.7 Å². The Kier molecular flexibility index (Phi) is 3.06. The lowest BCUT2D eigenvalue weighted by Gasteiger charge is -1.91. The fraction of sp³-hybridized carbons (Fsp3) is 0.100. The summed E-state index contributed by atoms with van der Waals surface area (Å²) in [4.78, 5) is 0. The van der Waals surface area contributed by atoms with E-state index in [0.717, 1.165) is 5.56 Å². The summed E-state index contributed by atoms with van der Waals surface area (Å²) in [5, 5.41) is 17.0. The fourth-order valence-electron chi connectivity index (χ4n) is 0.858. The molecular weight excluding hydrogens is 150 g/mol. The van der Waals surface area contributed by atoms with Gasteiger partial charge in [0.2, 0.25) is 0 Å². The Morgan fingerprint density at radius 1 is 1.33 bits per heavy atom. The highest BCUT2D eigenvalue weighted by atomic mass is 16.2. The molecule has 0 aliphatic rings. The average molecular weight is 159 g/mol. The predicted molar refractivity (Wildman–Crippen MR) is 47.3 cm³/mol. The van der Waals surface area contributed by atoms with Gasteiger partial charge in [-0.1, -0.05) is 24.3 Å². The molecule has 0 radical (unpaired) electrons. The minimum Gasteiger partial charge on any atom is -0.392 e. The third-order valence-corrected chi connectivity index (χ3v) is 1.46. The molecule has 0 amide bonds. The SMILES string of the molecule is N#Cc1ccc(/C=C\CO)cc1. The zero-order valence-electron chi connectivity index (χ0n) is 6.57. The number of benzene rings is 1. The molecule has 0 aliphatic carbocycles. The molecule has 60 valence electrons. The number of hydrogen-bond donors (Lipinski definition) is 1. The van der Waals surface area contributed by atoms with Crippen molar-refractivity contribution in [3.63, 3.8) is 0 Å². The topological polar surface area (TPSA) is 44.0 Å². The van der Waals surface area contributed by atoms with Gasteiger partial charge in [0.15, 0.2) is 0 Å². The van der Waals surface area contributed by atoms with Gasteiger partial charge in [0, 0.05) is 0 Å². The van der Waals surface area contributed by atoms with E-state index in [1.165, 1.54) is 0 Å². The molecule has 0 spiro atoms. The van der Waals surface area contributed by atoms with Crippen molar-refractivity contribution in [2.24, 2.45) is 0 Å². The Morgan fingerprint density at radius 2 is 2.00 bits per heavy atom. The summed E-state index contributed by atoms with van der Waals surface area (Å²) in [7, 11) is 0. The second-order valence-corrected chi connectivity index (χ2v) is 2.32. The number of nitrogens with zero attached hydrogens (tertiary/aromatic N) is 1. The molecule has 1 aromatic carbocycles. The van der Waals surface area contributed by atoms with Gasteiger partial charge in [-0.25, -0.2) is 0 Å². The molecule has 1 N–H and O–H groups in total. The van der Waals surface area contributed by atoms with Crippen molar-refractivity contribution in [2.75, 3.05) is 6.61 Å². The van der Waals surface area contributed by atoms with Crippen molar-refractivity contribution < 1.29 is 5.11 Å². The Balaban J connectivity index is 2.80. The van der Waals surface area contributed by atoms with Crippen LogP contribution in [0.1, 0.15) is 11.1 Å². The maximum Gasteiger partial charge on any atom is 0.0991 e. The van der Waals surface area contributed by atoms with Gasteiger partial charge < -0.3 is 5.11 Å². The number of aliphatic hydroxyl groups excluding tert-OH is 1. The summed E-state index contributed by atoms with van der Waals surface area (Å²) in [6.07, 6.45) is 3.46. The third kappa shape index (κ3) is 2.22. The normalized spacial score (nSPS) is 10.0. The molecule has 0 aliphatic heterocycles. The van der Waals surface area contributed by atoms with Gasteiger partial charge in [-0.15, -0.1) is 0 Å². The summed E-state index contributed by atoms with van der Waals surface area (Å²) in [5.41, 5.74) is 1.64. The van der Waals surface area contributed by atoms with Crippen LogP contribution in [-0.2, 0) is 0 Å². The van der Waals surface area contributed by atoms with Gasteiger partial charge in [0.1, 0.15) is 0 Å². The van der Waals surface area contributed by atoms with E-state index in [0.29, 0.717) is 5.56 Å². The van der Waals surface area contributed by atoms with Gasteiger partial charge >= 0.3 is 0 Å². The summed E-state index contributed by atoms with van der Waals surface area (Å²) >= 11 is 0. The highest BCUT2D eigenvalue weighted by Gasteiger charge is 1.87. The van der Waals surface area contributed by atoms with Crippen LogP contribution in [0.15, 0.2) is 30.3 Å². The largest absolute Gasteiger partial charge is 0.392 e. The molecule has 0 fully saturated rings. The summed E-state index contributed by atoms with van der Waals surface area (Å²) in [6.45, 7) is 0.0417. The Labute approximate surface area is 71.4 Å². The van der Waals surface area contributed by atoms with E-state index in [1.54, 1.807) is 24.3 Å². The number of hydrogen-bond acceptors (Lipinski definition) is 2. The molecule has 0 heterocycles. The fourth-order valence-corrected chi connectivity index (χ4v) is 0.858. The monoisotopic (exact) mass is 159 g/mol. The van der Waals surface area contributed by atoms with Crippen LogP contribution < -0.4 is 0 Å². The van der Waals surface area contributed by atoms with Crippen LogP contribution in [0.3, 0.4) is 0 Å². The van der Waals surface area contributed by atoms with E-state index in [1.807, 2.05) is 18.2 Å². The van der Waals surface area contributed by atoms with Crippen LogP contribution in [0.2, 0.25) is 0 Å². The van der Waals surface area contributed by atoms with Crippen molar-refractivity contribution >= 4 is 6.08 Å². The molecule has 0 saturated carbocycles. The van der Waals surface area contributed by atoms with Crippen LogP contribution in [-0.4, -0.2) is 11.7 Å². The summed E-state index contributed by atoms with van der Waals surface area (Å²) in [5.74, 6) is 0. The highest BCUT2D eigenvalue weighted by Crippen LogP contribution is 2.04. The minimum atomic E-state index is 0.0417. The molecule has 12 heavy (non-hydrogen) atoms. The van der Waals surface area contributed by atoms with E-state index in [9.17, 15) is 0 Å². The van der Waals surface area contributed by atoms with Crippen molar-refractivity contribution in [1.29, 1.82) is 5.26 Å².